The molecule has 0 atom stereocenters. The van der Waals surface area contributed by atoms with Gasteiger partial charge in [0.05, 0.1) is 0 Å². The molecule has 0 aromatic rings. The summed E-state index contributed by atoms with van der Waals surface area (Å²) in [6.45, 7) is 5.52. The SMILES string of the molecule is CCCCCCCCCCCCCCCCCC(=O)O[Si](C)(C)O. The molecule has 0 heterocycles. The molecule has 3 nitrogen and oxygen atoms in total. The maximum atomic E-state index is 11.4. The fourth-order valence-electron chi connectivity index (χ4n) is 2.97. The maximum Gasteiger partial charge on any atom is 0.392 e. The molecule has 0 unspecified atom stereocenters. The third-order valence-electron chi connectivity index (χ3n) is 4.35. The second kappa shape index (κ2) is 16.1. The van der Waals surface area contributed by atoms with Crippen LogP contribution in [0.2, 0.25) is 13.1 Å². The van der Waals surface area contributed by atoms with Gasteiger partial charge in [-0.1, -0.05) is 96.8 Å². The standard InChI is InChI=1S/C20H42O3Si/c1-4-5-6-7-8-9-10-11-12-13-14-15-16-17-18-19-20(21)23-24(2,3)22/h22H,4-19H2,1-3H3. The molecule has 0 fully saturated rings. The summed E-state index contributed by atoms with van der Waals surface area (Å²) in [5, 5.41) is 0. The molecule has 0 aliphatic rings. The van der Waals surface area contributed by atoms with Crippen molar-refractivity contribution < 1.29 is 14.0 Å². The van der Waals surface area contributed by atoms with Crippen LogP contribution in [0.3, 0.4) is 0 Å². The van der Waals surface area contributed by atoms with Gasteiger partial charge >= 0.3 is 8.56 Å². The van der Waals surface area contributed by atoms with Crippen LogP contribution in [0, 0.1) is 0 Å². The van der Waals surface area contributed by atoms with E-state index in [1.165, 1.54) is 83.5 Å². The number of rotatable bonds is 17. The molecular formula is C20H42O3Si. The average Bonchev–Trinajstić information content (AvgIpc) is 2.49. The van der Waals surface area contributed by atoms with Crippen molar-refractivity contribution in [2.24, 2.45) is 0 Å². The molecule has 0 saturated carbocycles. The van der Waals surface area contributed by atoms with E-state index in [2.05, 4.69) is 6.92 Å². The van der Waals surface area contributed by atoms with Gasteiger partial charge in [-0.05, 0) is 19.5 Å². The highest BCUT2D eigenvalue weighted by atomic mass is 28.4. The monoisotopic (exact) mass is 358 g/mol. The second-order valence-electron chi connectivity index (χ2n) is 7.62. The largest absolute Gasteiger partial charge is 0.495 e. The first kappa shape index (κ1) is 23.6. The Labute approximate surface area is 151 Å². The molecule has 0 saturated heterocycles. The normalized spacial score (nSPS) is 11.7. The van der Waals surface area contributed by atoms with Crippen LogP contribution < -0.4 is 0 Å². The van der Waals surface area contributed by atoms with Gasteiger partial charge in [-0.15, -0.1) is 0 Å². The number of carbonyl (C=O) groups is 1. The van der Waals surface area contributed by atoms with Crippen molar-refractivity contribution in [2.75, 3.05) is 0 Å². The highest BCUT2D eigenvalue weighted by Crippen LogP contribution is 2.14. The summed E-state index contributed by atoms with van der Waals surface area (Å²) >= 11 is 0. The van der Waals surface area contributed by atoms with Gasteiger partial charge in [-0.2, -0.15) is 0 Å². The topological polar surface area (TPSA) is 46.5 Å². The van der Waals surface area contributed by atoms with E-state index in [9.17, 15) is 9.59 Å². The lowest BCUT2D eigenvalue weighted by molar-refractivity contribution is -0.136. The van der Waals surface area contributed by atoms with Crippen LogP contribution in [0.15, 0.2) is 0 Å². The van der Waals surface area contributed by atoms with E-state index in [0.29, 0.717) is 6.42 Å². The Bertz CT molecular complexity index is 287. The molecule has 0 amide bonds. The minimum Gasteiger partial charge on any atom is -0.495 e. The molecule has 0 aliphatic carbocycles. The van der Waals surface area contributed by atoms with Crippen LogP contribution in [-0.2, 0) is 9.22 Å². The number of unbranched alkanes of at least 4 members (excludes halogenated alkanes) is 14. The summed E-state index contributed by atoms with van der Waals surface area (Å²) < 4.78 is 5.01. The van der Waals surface area contributed by atoms with E-state index in [1.807, 2.05) is 0 Å². The Balaban J connectivity index is 3.14. The van der Waals surface area contributed by atoms with Gasteiger partial charge in [0.2, 0.25) is 0 Å². The highest BCUT2D eigenvalue weighted by Gasteiger charge is 2.23. The predicted molar refractivity (Wildman–Crippen MR) is 105 cm³/mol. The van der Waals surface area contributed by atoms with E-state index in [1.54, 1.807) is 13.1 Å². The fraction of sp³-hybridized carbons (Fsp3) is 0.950. The van der Waals surface area contributed by atoms with E-state index in [-0.39, 0.29) is 5.97 Å². The Morgan fingerprint density at radius 1 is 0.708 bits per heavy atom. The van der Waals surface area contributed by atoms with Crippen molar-refractivity contribution in [3.8, 4) is 0 Å². The van der Waals surface area contributed by atoms with Crippen molar-refractivity contribution in [2.45, 2.75) is 123 Å². The molecular weight excluding hydrogens is 316 g/mol. The number of carbonyl (C=O) groups excluding carboxylic acids is 1. The smallest absolute Gasteiger partial charge is 0.392 e. The van der Waals surface area contributed by atoms with Gasteiger partial charge < -0.3 is 9.22 Å². The third-order valence-corrected chi connectivity index (χ3v) is 5.08. The lowest BCUT2D eigenvalue weighted by atomic mass is 10.0. The van der Waals surface area contributed by atoms with E-state index >= 15 is 0 Å². The van der Waals surface area contributed by atoms with Gasteiger partial charge in [-0.3, -0.25) is 4.79 Å². The highest BCUT2D eigenvalue weighted by molar-refractivity contribution is 6.64. The first-order valence-electron chi connectivity index (χ1n) is 10.4. The van der Waals surface area contributed by atoms with Crippen molar-refractivity contribution in [1.29, 1.82) is 0 Å². The lowest BCUT2D eigenvalue weighted by Crippen LogP contribution is -2.33. The van der Waals surface area contributed by atoms with Crippen LogP contribution in [0.5, 0.6) is 0 Å². The number of hydrogen-bond donors (Lipinski definition) is 1. The molecule has 0 aromatic carbocycles. The van der Waals surface area contributed by atoms with Crippen LogP contribution in [0.4, 0.5) is 0 Å². The third kappa shape index (κ3) is 19.7. The Hall–Kier alpha value is -0.353. The Kier molecular flexibility index (Phi) is 15.9. The Morgan fingerprint density at radius 2 is 1.04 bits per heavy atom. The molecule has 4 heteroatoms. The quantitative estimate of drug-likeness (QED) is 0.239. The average molecular weight is 359 g/mol. The molecule has 24 heavy (non-hydrogen) atoms. The van der Waals surface area contributed by atoms with E-state index in [0.717, 1.165) is 12.8 Å². The summed E-state index contributed by atoms with van der Waals surface area (Å²) in [4.78, 5) is 21.0. The molecule has 144 valence electrons. The second-order valence-corrected chi connectivity index (χ2v) is 10.7. The maximum absolute atomic E-state index is 11.4. The van der Waals surface area contributed by atoms with Crippen LogP contribution in [0.25, 0.3) is 0 Å². The summed E-state index contributed by atoms with van der Waals surface area (Å²) in [6.07, 6.45) is 20.3. The minimum absolute atomic E-state index is 0.233. The molecule has 1 N–H and O–H groups in total. The van der Waals surface area contributed by atoms with Gasteiger partial charge in [0, 0.05) is 6.42 Å². The summed E-state index contributed by atoms with van der Waals surface area (Å²) in [5.74, 6) is -0.233. The van der Waals surface area contributed by atoms with Crippen molar-refractivity contribution in [3.05, 3.63) is 0 Å². The lowest BCUT2D eigenvalue weighted by Gasteiger charge is -2.14. The van der Waals surface area contributed by atoms with Gasteiger partial charge in [0.25, 0.3) is 5.97 Å². The van der Waals surface area contributed by atoms with Crippen LogP contribution in [0.1, 0.15) is 110 Å². The first-order valence-corrected chi connectivity index (χ1v) is 13.3. The molecule has 0 bridgehead atoms. The molecule has 0 aromatic heterocycles. The molecule has 0 radical (unpaired) electrons. The van der Waals surface area contributed by atoms with Gasteiger partial charge in [0.1, 0.15) is 0 Å². The molecule has 0 rings (SSSR count). The van der Waals surface area contributed by atoms with Gasteiger partial charge in [-0.25, -0.2) is 0 Å². The zero-order valence-corrected chi connectivity index (χ0v) is 17.6. The van der Waals surface area contributed by atoms with Crippen LogP contribution in [-0.4, -0.2) is 19.3 Å². The van der Waals surface area contributed by atoms with Gasteiger partial charge in [0.15, 0.2) is 0 Å². The van der Waals surface area contributed by atoms with Crippen LogP contribution >= 0.6 is 0 Å². The zero-order valence-electron chi connectivity index (χ0n) is 16.6. The summed E-state index contributed by atoms with van der Waals surface area (Å²) in [6, 6.07) is 0. The summed E-state index contributed by atoms with van der Waals surface area (Å²) in [5.41, 5.74) is 0. The minimum atomic E-state index is -2.68. The zero-order chi connectivity index (χ0) is 18.1. The first-order chi connectivity index (χ1) is 11.5. The molecule has 0 spiro atoms. The van der Waals surface area contributed by atoms with E-state index < -0.39 is 8.56 Å². The van der Waals surface area contributed by atoms with Crippen molar-refractivity contribution >= 4 is 14.5 Å². The molecule has 0 aliphatic heterocycles. The Morgan fingerprint density at radius 3 is 1.38 bits per heavy atom. The van der Waals surface area contributed by atoms with E-state index in [4.69, 9.17) is 4.43 Å². The summed E-state index contributed by atoms with van der Waals surface area (Å²) in [7, 11) is -2.68. The van der Waals surface area contributed by atoms with Crippen molar-refractivity contribution in [3.63, 3.8) is 0 Å². The van der Waals surface area contributed by atoms with Crippen molar-refractivity contribution in [1.82, 2.24) is 0 Å². The number of hydrogen-bond acceptors (Lipinski definition) is 3. The fourth-order valence-corrected chi connectivity index (χ4v) is 3.63. The predicted octanol–water partition coefficient (Wildman–Crippen LogP) is 6.49.